The maximum Gasteiger partial charge on any atom is 0.338 e. The Labute approximate surface area is 206 Å². The Hall–Kier alpha value is -2.90. The Morgan fingerprint density at radius 2 is 1.88 bits per heavy atom. The fraction of sp³-hybridized carbons (Fsp3) is 0.296. The van der Waals surface area contributed by atoms with Gasteiger partial charge in [-0.2, -0.15) is 0 Å². The Morgan fingerprint density at radius 3 is 2.65 bits per heavy atom. The van der Waals surface area contributed by atoms with Gasteiger partial charge < -0.3 is 9.72 Å². The Balaban J connectivity index is 1.33. The summed E-state index contributed by atoms with van der Waals surface area (Å²) in [5, 5.41) is 3.30. The van der Waals surface area contributed by atoms with Crippen LogP contribution in [0.3, 0.4) is 0 Å². The highest BCUT2D eigenvalue weighted by atomic mass is 32.2. The summed E-state index contributed by atoms with van der Waals surface area (Å²) in [7, 11) is 0. The number of hydrogen-bond acceptors (Lipinski definition) is 6. The van der Waals surface area contributed by atoms with Crippen molar-refractivity contribution in [1.82, 2.24) is 9.97 Å². The van der Waals surface area contributed by atoms with E-state index in [1.165, 1.54) is 47.1 Å². The maximum atomic E-state index is 13.0. The van der Waals surface area contributed by atoms with E-state index in [1.54, 1.807) is 12.1 Å². The van der Waals surface area contributed by atoms with Crippen molar-refractivity contribution in [1.29, 1.82) is 0 Å². The first-order valence-electron chi connectivity index (χ1n) is 11.5. The molecule has 1 aliphatic rings. The first-order chi connectivity index (χ1) is 16.5. The third-order valence-electron chi connectivity index (χ3n) is 5.99. The van der Waals surface area contributed by atoms with Crippen molar-refractivity contribution < 1.29 is 9.53 Å². The van der Waals surface area contributed by atoms with Crippen molar-refractivity contribution in [2.45, 2.75) is 56.5 Å². The molecule has 0 amide bonds. The van der Waals surface area contributed by atoms with E-state index in [0.717, 1.165) is 34.4 Å². The van der Waals surface area contributed by atoms with E-state index in [1.807, 2.05) is 31.4 Å². The van der Waals surface area contributed by atoms with E-state index in [9.17, 15) is 9.59 Å². The highest BCUT2D eigenvalue weighted by Crippen LogP contribution is 2.34. The quantitative estimate of drug-likeness (QED) is 0.193. The number of thiophene rings is 1. The van der Waals surface area contributed by atoms with Crippen molar-refractivity contribution in [2.24, 2.45) is 0 Å². The summed E-state index contributed by atoms with van der Waals surface area (Å²) in [6.07, 6.45) is 4.60. The lowest BCUT2D eigenvalue weighted by Gasteiger charge is -2.16. The molecule has 2 aromatic heterocycles. The molecule has 0 atom stereocenters. The van der Waals surface area contributed by atoms with Gasteiger partial charge in [0.1, 0.15) is 4.83 Å². The van der Waals surface area contributed by atoms with Gasteiger partial charge in [-0.15, -0.1) is 11.3 Å². The molecule has 5 nitrogen and oxygen atoms in total. The number of thioether (sulfide) groups is 1. The van der Waals surface area contributed by atoms with E-state index in [4.69, 9.17) is 9.72 Å². The molecule has 34 heavy (non-hydrogen) atoms. The molecule has 2 heterocycles. The number of aromatic nitrogens is 2. The molecule has 2 aromatic carbocycles. The van der Waals surface area contributed by atoms with E-state index in [-0.39, 0.29) is 17.6 Å². The number of esters is 1. The third-order valence-corrected chi connectivity index (χ3v) is 7.81. The number of carbonyl (C=O) groups excluding carboxylic acids is 1. The summed E-state index contributed by atoms with van der Waals surface area (Å²) in [5.74, 6) is 0.315. The molecule has 4 aromatic rings. The van der Waals surface area contributed by atoms with Crippen LogP contribution in [-0.2, 0) is 23.3 Å². The molecule has 0 fully saturated rings. The van der Waals surface area contributed by atoms with Crippen molar-refractivity contribution in [3.8, 4) is 11.1 Å². The molecular formula is C27H26N2O3S2. The van der Waals surface area contributed by atoms with Crippen molar-refractivity contribution in [2.75, 3.05) is 0 Å². The average Bonchev–Trinajstić information content (AvgIpc) is 3.27. The molecule has 0 saturated heterocycles. The molecule has 0 radical (unpaired) electrons. The van der Waals surface area contributed by atoms with Gasteiger partial charge in [0.15, 0.2) is 5.16 Å². The largest absolute Gasteiger partial charge is 0.459 e. The van der Waals surface area contributed by atoms with Gasteiger partial charge in [-0.25, -0.2) is 9.78 Å². The zero-order valence-electron chi connectivity index (χ0n) is 19.2. The molecule has 0 unspecified atom stereocenters. The molecule has 174 valence electrons. The van der Waals surface area contributed by atoms with Gasteiger partial charge in [0, 0.05) is 16.7 Å². The lowest BCUT2D eigenvalue weighted by Crippen LogP contribution is -2.11. The first-order valence-corrected chi connectivity index (χ1v) is 13.4. The fourth-order valence-electron chi connectivity index (χ4n) is 4.28. The molecule has 0 saturated carbocycles. The van der Waals surface area contributed by atoms with Gasteiger partial charge in [0.05, 0.1) is 17.1 Å². The van der Waals surface area contributed by atoms with E-state index in [2.05, 4.69) is 23.2 Å². The van der Waals surface area contributed by atoms with Crippen molar-refractivity contribution in [3.63, 3.8) is 0 Å². The number of fused-ring (bicyclic) bond motifs is 2. The Morgan fingerprint density at radius 1 is 1.12 bits per heavy atom. The number of rotatable bonds is 6. The number of nitrogens with one attached hydrogen (secondary N) is 1. The number of nitrogens with zero attached hydrogens (tertiary/aromatic N) is 1. The number of aromatic amines is 1. The predicted octanol–water partition coefficient (Wildman–Crippen LogP) is 6.39. The van der Waals surface area contributed by atoms with Crippen molar-refractivity contribution in [3.05, 3.63) is 80.5 Å². The van der Waals surface area contributed by atoms with Crippen LogP contribution in [0.4, 0.5) is 0 Å². The minimum Gasteiger partial charge on any atom is -0.459 e. The third kappa shape index (κ3) is 4.81. The van der Waals surface area contributed by atoms with Crippen LogP contribution in [0.15, 0.2) is 57.8 Å². The summed E-state index contributed by atoms with van der Waals surface area (Å²) in [6, 6.07) is 13.9. The second kappa shape index (κ2) is 9.76. The number of hydrogen-bond donors (Lipinski definition) is 1. The summed E-state index contributed by atoms with van der Waals surface area (Å²) in [5.41, 5.74) is 6.36. The summed E-state index contributed by atoms with van der Waals surface area (Å²) in [6.45, 7) is 3.66. The van der Waals surface area contributed by atoms with Crippen LogP contribution >= 0.6 is 23.1 Å². The molecule has 0 aliphatic heterocycles. The number of ether oxygens (including phenoxy) is 1. The minimum atomic E-state index is -0.321. The van der Waals surface area contributed by atoms with Gasteiger partial charge >= 0.3 is 5.97 Å². The van der Waals surface area contributed by atoms with Gasteiger partial charge in [-0.1, -0.05) is 42.1 Å². The molecule has 0 spiro atoms. The smallest absolute Gasteiger partial charge is 0.338 e. The van der Waals surface area contributed by atoms with E-state index >= 15 is 0 Å². The Kier molecular flexibility index (Phi) is 6.57. The highest BCUT2D eigenvalue weighted by molar-refractivity contribution is 7.98. The lowest BCUT2D eigenvalue weighted by atomic mass is 9.89. The normalized spacial score (nSPS) is 13.3. The zero-order valence-corrected chi connectivity index (χ0v) is 20.9. The first kappa shape index (κ1) is 22.9. The summed E-state index contributed by atoms with van der Waals surface area (Å²) in [4.78, 5) is 33.4. The van der Waals surface area contributed by atoms with E-state index in [0.29, 0.717) is 21.9 Å². The minimum absolute atomic E-state index is 0.103. The van der Waals surface area contributed by atoms with Crippen LogP contribution in [0.1, 0.15) is 53.7 Å². The molecule has 1 aliphatic carbocycles. The molecular weight excluding hydrogens is 464 g/mol. The molecule has 1 N–H and O–H groups in total. The zero-order chi connectivity index (χ0) is 23.7. The lowest BCUT2D eigenvalue weighted by molar-refractivity contribution is 0.0378. The van der Waals surface area contributed by atoms with Crippen molar-refractivity contribution >= 4 is 39.3 Å². The monoisotopic (exact) mass is 490 g/mol. The van der Waals surface area contributed by atoms with Gasteiger partial charge in [0.25, 0.3) is 5.56 Å². The number of aryl methyl sites for hydroxylation is 2. The van der Waals surface area contributed by atoms with Crippen LogP contribution in [0.25, 0.3) is 21.3 Å². The summed E-state index contributed by atoms with van der Waals surface area (Å²) < 4.78 is 5.23. The molecule has 0 bridgehead atoms. The SMILES string of the molecule is CC(C)OC(=O)c1ccc(CSc2nc3scc(-c4ccc5c(c4)CCCC5)c3c(=O)[nH]2)cc1. The van der Waals surface area contributed by atoms with Gasteiger partial charge in [-0.3, -0.25) is 4.79 Å². The van der Waals surface area contributed by atoms with Gasteiger partial charge in [0.2, 0.25) is 0 Å². The fourth-order valence-corrected chi connectivity index (χ4v) is 6.10. The number of carbonyl (C=O) groups is 1. The summed E-state index contributed by atoms with van der Waals surface area (Å²) >= 11 is 2.99. The van der Waals surface area contributed by atoms with Crippen LogP contribution in [-0.4, -0.2) is 22.0 Å². The Bertz CT molecular complexity index is 1400. The second-order valence-corrected chi connectivity index (χ2v) is 10.7. The second-order valence-electron chi connectivity index (χ2n) is 8.83. The molecule has 7 heteroatoms. The maximum absolute atomic E-state index is 13.0. The number of benzene rings is 2. The van der Waals surface area contributed by atoms with Crippen LogP contribution in [0, 0.1) is 0 Å². The topological polar surface area (TPSA) is 72.0 Å². The highest BCUT2D eigenvalue weighted by Gasteiger charge is 2.16. The molecule has 5 rings (SSSR count). The standard InChI is InChI=1S/C27H26N2O3S2/c1-16(2)32-26(31)19-9-7-17(8-10-19)14-34-27-28-24(30)23-22(15-33-25(23)29-27)21-12-11-18-5-3-4-6-20(18)13-21/h7-13,15-16H,3-6,14H2,1-2H3,(H,28,29,30). The van der Waals surface area contributed by atoms with Gasteiger partial charge in [-0.05, 0) is 73.9 Å². The van der Waals surface area contributed by atoms with Crippen LogP contribution in [0.2, 0.25) is 0 Å². The van der Waals surface area contributed by atoms with Crippen LogP contribution < -0.4 is 5.56 Å². The predicted molar refractivity (Wildman–Crippen MR) is 139 cm³/mol. The van der Waals surface area contributed by atoms with Crippen LogP contribution in [0.5, 0.6) is 0 Å². The average molecular weight is 491 g/mol. The number of H-pyrrole nitrogens is 1. The van der Waals surface area contributed by atoms with E-state index < -0.39 is 0 Å².